The highest BCUT2D eigenvalue weighted by Crippen LogP contribution is 2.31. The maximum atomic E-state index is 12.5. The second kappa shape index (κ2) is 6.22. The number of amides is 1. The fourth-order valence-electron chi connectivity index (χ4n) is 2.54. The number of carbonyl (C=O) groups excluding carboxylic acids is 1. The van der Waals surface area contributed by atoms with Crippen molar-refractivity contribution in [1.82, 2.24) is 0 Å². The Balaban J connectivity index is 1.96. The number of sulfonamides is 1. The Kier molecular flexibility index (Phi) is 4.28. The number of nitrogens with zero attached hydrogens (tertiary/aromatic N) is 1. The van der Waals surface area contributed by atoms with Crippen LogP contribution in [0.1, 0.15) is 12.8 Å². The number of para-hydroxylation sites is 2. The van der Waals surface area contributed by atoms with E-state index in [1.165, 1.54) is 12.1 Å². The van der Waals surface area contributed by atoms with Crippen molar-refractivity contribution in [2.45, 2.75) is 17.7 Å². The number of benzene rings is 2. The molecule has 120 valence electrons. The van der Waals surface area contributed by atoms with E-state index in [2.05, 4.69) is 4.72 Å². The van der Waals surface area contributed by atoms with Gasteiger partial charge in [-0.15, -0.1) is 0 Å². The SMILES string of the molecule is O=C1CCCN1c1ccccc1NS(=O)(=O)c1cccc(Cl)c1. The molecule has 1 saturated heterocycles. The fourth-order valence-corrected chi connectivity index (χ4v) is 3.91. The first kappa shape index (κ1) is 15.8. The molecule has 0 aromatic heterocycles. The Bertz CT molecular complexity index is 852. The lowest BCUT2D eigenvalue weighted by molar-refractivity contribution is -0.117. The van der Waals surface area contributed by atoms with E-state index in [9.17, 15) is 13.2 Å². The van der Waals surface area contributed by atoms with Crippen LogP contribution in [0.5, 0.6) is 0 Å². The third-order valence-electron chi connectivity index (χ3n) is 3.62. The Labute approximate surface area is 139 Å². The van der Waals surface area contributed by atoms with Gasteiger partial charge >= 0.3 is 0 Å². The zero-order valence-corrected chi connectivity index (χ0v) is 13.8. The zero-order chi connectivity index (χ0) is 16.4. The number of carbonyl (C=O) groups is 1. The van der Waals surface area contributed by atoms with Crippen LogP contribution in [0.3, 0.4) is 0 Å². The van der Waals surface area contributed by atoms with Crippen LogP contribution < -0.4 is 9.62 Å². The van der Waals surface area contributed by atoms with Gasteiger partial charge in [-0.25, -0.2) is 8.42 Å². The van der Waals surface area contributed by atoms with Crippen LogP contribution in [0.15, 0.2) is 53.4 Å². The summed E-state index contributed by atoms with van der Waals surface area (Å²) < 4.78 is 27.6. The predicted molar refractivity (Wildman–Crippen MR) is 90.3 cm³/mol. The maximum Gasteiger partial charge on any atom is 0.262 e. The van der Waals surface area contributed by atoms with Gasteiger partial charge in [0.05, 0.1) is 16.3 Å². The third kappa shape index (κ3) is 3.33. The molecule has 1 aliphatic heterocycles. The first-order valence-electron chi connectivity index (χ1n) is 7.15. The van der Waals surface area contributed by atoms with Crippen molar-refractivity contribution in [3.63, 3.8) is 0 Å². The minimum absolute atomic E-state index is 0.000552. The van der Waals surface area contributed by atoms with Crippen molar-refractivity contribution in [1.29, 1.82) is 0 Å². The summed E-state index contributed by atoms with van der Waals surface area (Å²) in [6.07, 6.45) is 1.25. The molecule has 1 fully saturated rings. The van der Waals surface area contributed by atoms with E-state index in [-0.39, 0.29) is 10.8 Å². The topological polar surface area (TPSA) is 66.5 Å². The molecule has 7 heteroatoms. The molecule has 0 saturated carbocycles. The molecular formula is C16H15ClN2O3S. The lowest BCUT2D eigenvalue weighted by Gasteiger charge is -2.20. The van der Waals surface area contributed by atoms with Gasteiger partial charge < -0.3 is 4.90 Å². The number of hydrogen-bond acceptors (Lipinski definition) is 3. The Hall–Kier alpha value is -2.05. The monoisotopic (exact) mass is 350 g/mol. The number of anilines is 2. The first-order chi connectivity index (χ1) is 11.0. The molecule has 1 heterocycles. The normalized spacial score (nSPS) is 15.0. The predicted octanol–water partition coefficient (Wildman–Crippen LogP) is 3.27. The van der Waals surface area contributed by atoms with E-state index in [0.29, 0.717) is 29.4 Å². The van der Waals surface area contributed by atoms with Crippen LogP contribution in [0.2, 0.25) is 5.02 Å². The largest absolute Gasteiger partial charge is 0.310 e. The molecule has 0 radical (unpaired) electrons. The zero-order valence-electron chi connectivity index (χ0n) is 12.2. The Morgan fingerprint density at radius 1 is 1.09 bits per heavy atom. The van der Waals surface area contributed by atoms with E-state index in [1.807, 2.05) is 0 Å². The average molecular weight is 351 g/mol. The summed E-state index contributed by atoms with van der Waals surface area (Å²) in [6.45, 7) is 0.592. The quantitative estimate of drug-likeness (QED) is 0.920. The standard InChI is InChI=1S/C16H15ClN2O3S/c17-12-5-3-6-13(11-12)23(21,22)18-14-7-1-2-8-15(14)19-10-4-9-16(19)20/h1-3,5-8,11,18H,4,9-10H2. The van der Waals surface area contributed by atoms with Crippen LogP contribution in [0, 0.1) is 0 Å². The van der Waals surface area contributed by atoms with E-state index in [1.54, 1.807) is 41.3 Å². The van der Waals surface area contributed by atoms with Gasteiger partial charge in [-0.2, -0.15) is 0 Å². The summed E-state index contributed by atoms with van der Waals surface area (Å²) in [5.74, 6) is -0.000552. The number of halogens is 1. The molecule has 3 rings (SSSR count). The van der Waals surface area contributed by atoms with Gasteiger partial charge in [0.2, 0.25) is 5.91 Å². The average Bonchev–Trinajstić information content (AvgIpc) is 2.93. The molecule has 23 heavy (non-hydrogen) atoms. The first-order valence-corrected chi connectivity index (χ1v) is 9.01. The van der Waals surface area contributed by atoms with Gasteiger partial charge in [-0.1, -0.05) is 29.8 Å². The molecule has 0 unspecified atom stereocenters. The molecule has 2 aromatic rings. The Morgan fingerprint density at radius 2 is 1.87 bits per heavy atom. The highest BCUT2D eigenvalue weighted by atomic mass is 35.5. The van der Waals surface area contributed by atoms with Gasteiger partial charge in [-0.05, 0) is 36.8 Å². The summed E-state index contributed by atoms with van der Waals surface area (Å²) in [4.78, 5) is 13.6. The van der Waals surface area contributed by atoms with Gasteiger partial charge in [-0.3, -0.25) is 9.52 Å². The van der Waals surface area contributed by atoms with E-state index in [0.717, 1.165) is 6.42 Å². The third-order valence-corrected chi connectivity index (χ3v) is 5.22. The summed E-state index contributed by atoms with van der Waals surface area (Å²) in [5.41, 5.74) is 0.948. The van der Waals surface area contributed by atoms with Crippen molar-refractivity contribution in [3.05, 3.63) is 53.6 Å². The molecule has 2 aromatic carbocycles. The van der Waals surface area contributed by atoms with Crippen LogP contribution in [0.25, 0.3) is 0 Å². The van der Waals surface area contributed by atoms with Gasteiger partial charge in [0.15, 0.2) is 0 Å². The second-order valence-corrected chi connectivity index (χ2v) is 7.35. The summed E-state index contributed by atoms with van der Waals surface area (Å²) in [5, 5.41) is 0.343. The molecule has 0 atom stereocenters. The molecule has 0 spiro atoms. The van der Waals surface area contributed by atoms with Crippen molar-refractivity contribution in [3.8, 4) is 0 Å². The molecule has 0 aliphatic carbocycles. The van der Waals surface area contributed by atoms with E-state index >= 15 is 0 Å². The number of hydrogen-bond donors (Lipinski definition) is 1. The van der Waals surface area contributed by atoms with E-state index in [4.69, 9.17) is 11.6 Å². The maximum absolute atomic E-state index is 12.5. The summed E-state index contributed by atoms with van der Waals surface area (Å²) in [7, 11) is -3.78. The van der Waals surface area contributed by atoms with Crippen molar-refractivity contribution < 1.29 is 13.2 Å². The highest BCUT2D eigenvalue weighted by Gasteiger charge is 2.25. The smallest absolute Gasteiger partial charge is 0.262 e. The molecule has 5 nitrogen and oxygen atoms in total. The lowest BCUT2D eigenvalue weighted by Crippen LogP contribution is -2.25. The van der Waals surface area contributed by atoms with E-state index < -0.39 is 10.0 Å². The van der Waals surface area contributed by atoms with Gasteiger partial charge in [0.1, 0.15) is 0 Å². The number of rotatable bonds is 4. The van der Waals surface area contributed by atoms with Crippen molar-refractivity contribution >= 4 is 38.9 Å². The summed E-state index contributed by atoms with van der Waals surface area (Å²) in [6, 6.07) is 12.9. The lowest BCUT2D eigenvalue weighted by atomic mass is 10.2. The van der Waals surface area contributed by atoms with Gasteiger partial charge in [0, 0.05) is 18.0 Å². The second-order valence-electron chi connectivity index (χ2n) is 5.23. The minimum atomic E-state index is -3.78. The molecule has 1 aliphatic rings. The van der Waals surface area contributed by atoms with Crippen LogP contribution >= 0.6 is 11.6 Å². The fraction of sp³-hybridized carbons (Fsp3) is 0.188. The minimum Gasteiger partial charge on any atom is -0.310 e. The van der Waals surface area contributed by atoms with Crippen LogP contribution in [-0.4, -0.2) is 20.9 Å². The van der Waals surface area contributed by atoms with Crippen LogP contribution in [0.4, 0.5) is 11.4 Å². The molecule has 1 amide bonds. The molecule has 0 bridgehead atoms. The van der Waals surface area contributed by atoms with Gasteiger partial charge in [0.25, 0.3) is 10.0 Å². The van der Waals surface area contributed by atoms with Crippen molar-refractivity contribution in [2.24, 2.45) is 0 Å². The van der Waals surface area contributed by atoms with Crippen LogP contribution in [-0.2, 0) is 14.8 Å². The Morgan fingerprint density at radius 3 is 2.57 bits per heavy atom. The summed E-state index contributed by atoms with van der Waals surface area (Å²) >= 11 is 5.86. The van der Waals surface area contributed by atoms with Crippen molar-refractivity contribution in [2.75, 3.05) is 16.2 Å². The molecular weight excluding hydrogens is 336 g/mol. The number of nitrogens with one attached hydrogen (secondary N) is 1. The molecule has 1 N–H and O–H groups in total. The highest BCUT2D eigenvalue weighted by molar-refractivity contribution is 7.92.